The molecule has 1 aromatic heterocycles. The van der Waals surface area contributed by atoms with Gasteiger partial charge in [-0.05, 0) is 41.7 Å². The third-order valence-corrected chi connectivity index (χ3v) is 3.41. The molecule has 0 saturated carbocycles. The molecule has 0 aliphatic carbocycles. The quantitative estimate of drug-likeness (QED) is 0.897. The van der Waals surface area contributed by atoms with Crippen molar-refractivity contribution in [3.8, 4) is 6.07 Å². The Labute approximate surface area is 120 Å². The van der Waals surface area contributed by atoms with E-state index in [-0.39, 0.29) is 0 Å². The van der Waals surface area contributed by atoms with Crippen molar-refractivity contribution in [1.29, 1.82) is 5.26 Å². The molecule has 3 nitrogen and oxygen atoms in total. The van der Waals surface area contributed by atoms with Gasteiger partial charge in [-0.25, -0.2) is 4.98 Å². The minimum absolute atomic E-state index is 0.462. The van der Waals surface area contributed by atoms with Gasteiger partial charge in [-0.1, -0.05) is 32.0 Å². The van der Waals surface area contributed by atoms with E-state index in [0.29, 0.717) is 12.2 Å². The second-order valence-electron chi connectivity index (χ2n) is 4.67. The summed E-state index contributed by atoms with van der Waals surface area (Å²) in [4.78, 5) is 3.99. The van der Waals surface area contributed by atoms with Crippen LogP contribution in [-0.2, 0) is 19.4 Å². The van der Waals surface area contributed by atoms with Gasteiger partial charge in [0.25, 0.3) is 0 Å². The molecule has 1 aromatic carbocycles. The molecule has 0 unspecified atom stereocenters. The van der Waals surface area contributed by atoms with E-state index < -0.39 is 0 Å². The summed E-state index contributed by atoms with van der Waals surface area (Å²) in [5, 5.41) is 12.4. The number of benzene rings is 1. The van der Waals surface area contributed by atoms with Gasteiger partial charge in [-0.15, -0.1) is 0 Å². The molecule has 20 heavy (non-hydrogen) atoms. The second kappa shape index (κ2) is 6.72. The zero-order valence-electron chi connectivity index (χ0n) is 12.0. The summed E-state index contributed by atoms with van der Waals surface area (Å²) in [7, 11) is 0. The van der Waals surface area contributed by atoms with Gasteiger partial charge in [0.2, 0.25) is 0 Å². The largest absolute Gasteiger partial charge is 0.381 e. The molecule has 0 bridgehead atoms. The lowest BCUT2D eigenvalue weighted by Crippen LogP contribution is -2.05. The van der Waals surface area contributed by atoms with Gasteiger partial charge in [0, 0.05) is 18.4 Å². The van der Waals surface area contributed by atoms with Crippen molar-refractivity contribution in [2.75, 3.05) is 5.32 Å². The highest BCUT2D eigenvalue weighted by Crippen LogP contribution is 2.23. The minimum atomic E-state index is 0.462. The smallest absolute Gasteiger partial charge is 0.140 e. The van der Waals surface area contributed by atoms with Crippen LogP contribution in [0.5, 0.6) is 0 Å². The zero-order valence-corrected chi connectivity index (χ0v) is 12.0. The van der Waals surface area contributed by atoms with E-state index in [1.165, 1.54) is 16.8 Å². The fourth-order valence-electron chi connectivity index (χ4n) is 2.31. The Morgan fingerprint density at radius 2 is 1.85 bits per heavy atom. The number of nitrogens with one attached hydrogen (secondary N) is 1. The normalized spacial score (nSPS) is 10.1. The first-order valence-corrected chi connectivity index (χ1v) is 6.98. The van der Waals surface area contributed by atoms with Crippen molar-refractivity contribution in [3.05, 3.63) is 58.9 Å². The fourth-order valence-corrected chi connectivity index (χ4v) is 2.31. The number of pyridine rings is 1. The first-order valence-electron chi connectivity index (χ1n) is 6.98. The van der Waals surface area contributed by atoms with Gasteiger partial charge in [0.1, 0.15) is 11.8 Å². The number of hydrogen-bond donors (Lipinski definition) is 1. The summed E-state index contributed by atoms with van der Waals surface area (Å²) in [6, 6.07) is 12.3. The summed E-state index contributed by atoms with van der Waals surface area (Å²) < 4.78 is 0. The lowest BCUT2D eigenvalue weighted by molar-refractivity contribution is 1.04. The molecular weight excluding hydrogens is 246 g/mol. The highest BCUT2D eigenvalue weighted by molar-refractivity contribution is 5.58. The molecule has 0 aliphatic rings. The number of nitrogens with zero attached hydrogens (tertiary/aromatic N) is 2. The number of hydrogen-bond acceptors (Lipinski definition) is 3. The molecule has 1 N–H and O–H groups in total. The van der Waals surface area contributed by atoms with E-state index in [2.05, 4.69) is 48.4 Å². The molecule has 0 saturated heterocycles. The summed E-state index contributed by atoms with van der Waals surface area (Å²) in [6.45, 7) is 5.04. The first kappa shape index (κ1) is 14.1. The van der Waals surface area contributed by atoms with E-state index in [1.54, 1.807) is 6.20 Å². The van der Waals surface area contributed by atoms with Crippen LogP contribution in [0.4, 0.5) is 5.69 Å². The zero-order chi connectivity index (χ0) is 14.4. The molecular formula is C17H19N3. The van der Waals surface area contributed by atoms with Crippen LogP contribution >= 0.6 is 0 Å². The number of anilines is 1. The minimum Gasteiger partial charge on any atom is -0.381 e. The Kier molecular flexibility index (Phi) is 4.73. The molecule has 3 heteroatoms. The summed E-state index contributed by atoms with van der Waals surface area (Å²) in [5.41, 5.74) is 5.43. The van der Waals surface area contributed by atoms with E-state index in [4.69, 9.17) is 5.26 Å². The summed E-state index contributed by atoms with van der Waals surface area (Å²) in [6.07, 6.45) is 3.70. The third-order valence-electron chi connectivity index (χ3n) is 3.41. The Hall–Kier alpha value is -2.34. The van der Waals surface area contributed by atoms with Crippen LogP contribution in [0.25, 0.3) is 0 Å². The fraction of sp³-hybridized carbons (Fsp3) is 0.294. The lowest BCUT2D eigenvalue weighted by Gasteiger charge is -2.15. The van der Waals surface area contributed by atoms with Crippen molar-refractivity contribution in [3.63, 3.8) is 0 Å². The van der Waals surface area contributed by atoms with Gasteiger partial charge in [0.15, 0.2) is 0 Å². The third kappa shape index (κ3) is 3.16. The van der Waals surface area contributed by atoms with Crippen molar-refractivity contribution >= 4 is 5.69 Å². The molecule has 0 spiro atoms. The predicted molar refractivity (Wildman–Crippen MR) is 81.5 cm³/mol. The Balaban J connectivity index is 2.20. The molecule has 0 fully saturated rings. The maximum atomic E-state index is 8.88. The molecule has 2 rings (SSSR count). The topological polar surface area (TPSA) is 48.7 Å². The average molecular weight is 265 g/mol. The SMILES string of the molecule is CCc1cccc(CC)c1NCc1ccnc(C#N)c1. The van der Waals surface area contributed by atoms with Crippen LogP contribution in [0.1, 0.15) is 36.2 Å². The van der Waals surface area contributed by atoms with E-state index in [1.807, 2.05) is 12.1 Å². The highest BCUT2D eigenvalue weighted by Gasteiger charge is 2.06. The molecule has 0 aliphatic heterocycles. The van der Waals surface area contributed by atoms with E-state index in [9.17, 15) is 0 Å². The molecule has 1 heterocycles. The summed E-state index contributed by atoms with van der Waals surface area (Å²) in [5.74, 6) is 0. The average Bonchev–Trinajstić information content (AvgIpc) is 2.52. The van der Waals surface area contributed by atoms with Gasteiger partial charge in [-0.3, -0.25) is 0 Å². The maximum Gasteiger partial charge on any atom is 0.140 e. The highest BCUT2D eigenvalue weighted by atomic mass is 14.9. The van der Waals surface area contributed by atoms with Gasteiger partial charge in [0.05, 0.1) is 0 Å². The molecule has 2 aromatic rings. The van der Waals surface area contributed by atoms with Crippen LogP contribution in [0.2, 0.25) is 0 Å². The van der Waals surface area contributed by atoms with Crippen LogP contribution in [0.3, 0.4) is 0 Å². The van der Waals surface area contributed by atoms with Gasteiger partial charge in [-0.2, -0.15) is 5.26 Å². The molecule has 0 radical (unpaired) electrons. The lowest BCUT2D eigenvalue weighted by atomic mass is 10.0. The van der Waals surface area contributed by atoms with Gasteiger partial charge < -0.3 is 5.32 Å². The van der Waals surface area contributed by atoms with Crippen LogP contribution < -0.4 is 5.32 Å². The predicted octanol–water partition coefficient (Wildman–Crippen LogP) is 3.69. The van der Waals surface area contributed by atoms with Crippen molar-refractivity contribution in [1.82, 2.24) is 4.98 Å². The van der Waals surface area contributed by atoms with Crippen LogP contribution in [0.15, 0.2) is 36.5 Å². The molecule has 0 amide bonds. The Morgan fingerprint density at radius 3 is 2.45 bits per heavy atom. The van der Waals surface area contributed by atoms with Crippen LogP contribution in [0, 0.1) is 11.3 Å². The number of para-hydroxylation sites is 1. The Bertz CT molecular complexity index is 604. The maximum absolute atomic E-state index is 8.88. The van der Waals surface area contributed by atoms with Crippen LogP contribution in [-0.4, -0.2) is 4.98 Å². The van der Waals surface area contributed by atoms with Crippen molar-refractivity contribution in [2.45, 2.75) is 33.2 Å². The van der Waals surface area contributed by atoms with Gasteiger partial charge >= 0.3 is 0 Å². The first-order chi connectivity index (χ1) is 9.78. The Morgan fingerprint density at radius 1 is 1.15 bits per heavy atom. The number of aryl methyl sites for hydroxylation is 2. The molecule has 0 atom stereocenters. The number of nitriles is 1. The number of aromatic nitrogens is 1. The van der Waals surface area contributed by atoms with E-state index in [0.717, 1.165) is 18.4 Å². The van der Waals surface area contributed by atoms with Crippen molar-refractivity contribution < 1.29 is 0 Å². The van der Waals surface area contributed by atoms with E-state index >= 15 is 0 Å². The monoisotopic (exact) mass is 265 g/mol. The molecule has 102 valence electrons. The standard InChI is InChI=1S/C17H19N3/c1-3-14-6-5-7-15(4-2)17(14)20-12-13-8-9-19-16(10-13)11-18/h5-10,20H,3-4,12H2,1-2H3. The van der Waals surface area contributed by atoms with Crippen molar-refractivity contribution in [2.24, 2.45) is 0 Å². The summed E-state index contributed by atoms with van der Waals surface area (Å²) >= 11 is 0. The number of rotatable bonds is 5. The second-order valence-corrected chi connectivity index (χ2v) is 4.67.